The fraction of sp³-hybridized carbons (Fsp3) is 0.500. The molecule has 16 heavy (non-hydrogen) atoms. The fourth-order valence-corrected chi connectivity index (χ4v) is 1.84. The Morgan fingerprint density at radius 3 is 2.50 bits per heavy atom. The predicted octanol–water partition coefficient (Wildman–Crippen LogP) is 2.53. The largest absolute Gasteiger partial charge is 0.307 e. The lowest BCUT2D eigenvalue weighted by molar-refractivity contribution is -0.126. The molecule has 1 heterocycles. The Morgan fingerprint density at radius 2 is 2.00 bits per heavy atom. The SMILES string of the molecule is Cc1cc(Br)cn(CC(=O)C(C)(C)C)c1=O. The van der Waals surface area contributed by atoms with Gasteiger partial charge in [0.15, 0.2) is 5.78 Å². The van der Waals surface area contributed by atoms with Gasteiger partial charge in [-0.25, -0.2) is 0 Å². The quantitative estimate of drug-likeness (QED) is 0.838. The van der Waals surface area contributed by atoms with Gasteiger partial charge in [-0.3, -0.25) is 9.59 Å². The van der Waals surface area contributed by atoms with Crippen LogP contribution in [0.3, 0.4) is 0 Å². The Balaban J connectivity index is 3.08. The minimum Gasteiger partial charge on any atom is -0.307 e. The third-order valence-electron chi connectivity index (χ3n) is 2.38. The van der Waals surface area contributed by atoms with Crippen molar-refractivity contribution in [3.8, 4) is 0 Å². The average molecular weight is 286 g/mol. The summed E-state index contributed by atoms with van der Waals surface area (Å²) in [6.07, 6.45) is 1.65. The summed E-state index contributed by atoms with van der Waals surface area (Å²) >= 11 is 3.32. The summed E-state index contributed by atoms with van der Waals surface area (Å²) in [5.74, 6) is 0.0482. The number of nitrogens with zero attached hydrogens (tertiary/aromatic N) is 1. The van der Waals surface area contributed by atoms with Gasteiger partial charge in [0.05, 0.1) is 6.54 Å². The van der Waals surface area contributed by atoms with E-state index in [0.717, 1.165) is 4.47 Å². The summed E-state index contributed by atoms with van der Waals surface area (Å²) in [5.41, 5.74) is 0.104. The van der Waals surface area contributed by atoms with Crippen LogP contribution in [0, 0.1) is 12.3 Å². The summed E-state index contributed by atoms with van der Waals surface area (Å²) in [6, 6.07) is 1.75. The lowest BCUT2D eigenvalue weighted by atomic mass is 9.91. The van der Waals surface area contributed by atoms with Crippen LogP contribution in [-0.4, -0.2) is 10.4 Å². The lowest BCUT2D eigenvalue weighted by Crippen LogP contribution is -2.31. The molecule has 0 saturated heterocycles. The zero-order chi connectivity index (χ0) is 12.5. The molecule has 0 amide bonds. The third-order valence-corrected chi connectivity index (χ3v) is 2.82. The van der Waals surface area contributed by atoms with Crippen LogP contribution in [-0.2, 0) is 11.3 Å². The van der Waals surface area contributed by atoms with Crippen molar-refractivity contribution < 1.29 is 4.79 Å². The highest BCUT2D eigenvalue weighted by molar-refractivity contribution is 9.10. The number of rotatable bonds is 2. The van der Waals surface area contributed by atoms with E-state index in [1.54, 1.807) is 19.2 Å². The van der Waals surface area contributed by atoms with Crippen LogP contribution in [0.25, 0.3) is 0 Å². The minimum absolute atomic E-state index is 0.0482. The van der Waals surface area contributed by atoms with Gasteiger partial charge >= 0.3 is 0 Å². The van der Waals surface area contributed by atoms with Gasteiger partial charge in [0.1, 0.15) is 0 Å². The van der Waals surface area contributed by atoms with E-state index in [1.807, 2.05) is 20.8 Å². The fourth-order valence-electron chi connectivity index (χ4n) is 1.25. The van der Waals surface area contributed by atoms with Crippen LogP contribution < -0.4 is 5.56 Å². The third kappa shape index (κ3) is 3.04. The summed E-state index contributed by atoms with van der Waals surface area (Å²) in [6.45, 7) is 7.43. The second-order valence-electron chi connectivity index (χ2n) is 4.95. The van der Waals surface area contributed by atoms with E-state index >= 15 is 0 Å². The van der Waals surface area contributed by atoms with Crippen LogP contribution in [0.4, 0.5) is 0 Å². The van der Waals surface area contributed by atoms with Crippen molar-refractivity contribution in [1.82, 2.24) is 4.57 Å². The van der Waals surface area contributed by atoms with Gasteiger partial charge in [-0.1, -0.05) is 20.8 Å². The summed E-state index contributed by atoms with van der Waals surface area (Å²) in [4.78, 5) is 23.6. The standard InChI is InChI=1S/C12H16BrNO2/c1-8-5-9(13)6-14(11(8)16)7-10(15)12(2,3)4/h5-6H,7H2,1-4H3. The Morgan fingerprint density at radius 1 is 1.44 bits per heavy atom. The summed E-state index contributed by atoms with van der Waals surface area (Å²) in [5, 5.41) is 0. The molecule has 0 aliphatic heterocycles. The first kappa shape index (κ1) is 13.2. The highest BCUT2D eigenvalue weighted by Crippen LogP contribution is 2.16. The zero-order valence-corrected chi connectivity index (χ0v) is 11.6. The number of carbonyl (C=O) groups is 1. The smallest absolute Gasteiger partial charge is 0.253 e. The number of pyridine rings is 1. The highest BCUT2D eigenvalue weighted by atomic mass is 79.9. The number of ketones is 1. The summed E-state index contributed by atoms with van der Waals surface area (Å²) < 4.78 is 2.26. The Kier molecular flexibility index (Phi) is 3.73. The number of aromatic nitrogens is 1. The van der Waals surface area contributed by atoms with Crippen LogP contribution in [0.15, 0.2) is 21.5 Å². The lowest BCUT2D eigenvalue weighted by Gasteiger charge is -2.17. The molecule has 0 bridgehead atoms. The van der Waals surface area contributed by atoms with Gasteiger partial charge in [-0.2, -0.15) is 0 Å². The molecule has 0 spiro atoms. The Bertz CT molecular complexity index is 469. The normalized spacial score (nSPS) is 11.6. The van der Waals surface area contributed by atoms with Crippen molar-refractivity contribution in [2.45, 2.75) is 34.2 Å². The number of Topliss-reactive ketones (excluding diaryl/α,β-unsaturated/α-hetero) is 1. The van der Waals surface area contributed by atoms with E-state index in [4.69, 9.17) is 0 Å². The van der Waals surface area contributed by atoms with Crippen molar-refractivity contribution in [2.24, 2.45) is 5.41 Å². The van der Waals surface area contributed by atoms with Crippen molar-refractivity contribution in [2.75, 3.05) is 0 Å². The average Bonchev–Trinajstić information content (AvgIpc) is 2.11. The van der Waals surface area contributed by atoms with Crippen LogP contribution >= 0.6 is 15.9 Å². The summed E-state index contributed by atoms with van der Waals surface area (Å²) in [7, 11) is 0. The van der Waals surface area contributed by atoms with Crippen LogP contribution in [0.2, 0.25) is 0 Å². The van der Waals surface area contributed by atoms with Crippen LogP contribution in [0.1, 0.15) is 26.3 Å². The first-order valence-corrected chi connectivity index (χ1v) is 5.91. The molecule has 3 nitrogen and oxygen atoms in total. The first-order valence-electron chi connectivity index (χ1n) is 5.11. The van der Waals surface area contributed by atoms with Gasteiger partial charge in [0.25, 0.3) is 5.56 Å². The van der Waals surface area contributed by atoms with E-state index < -0.39 is 5.41 Å². The minimum atomic E-state index is -0.421. The maximum atomic E-state index is 11.8. The molecule has 0 atom stereocenters. The second-order valence-corrected chi connectivity index (χ2v) is 5.86. The van der Waals surface area contributed by atoms with Crippen molar-refractivity contribution in [3.05, 3.63) is 32.7 Å². The van der Waals surface area contributed by atoms with E-state index in [9.17, 15) is 9.59 Å². The maximum absolute atomic E-state index is 11.8. The molecule has 0 saturated carbocycles. The topological polar surface area (TPSA) is 39.1 Å². The predicted molar refractivity (Wildman–Crippen MR) is 67.6 cm³/mol. The monoisotopic (exact) mass is 285 g/mol. The van der Waals surface area contributed by atoms with Gasteiger partial charge in [0.2, 0.25) is 0 Å². The molecule has 0 aromatic carbocycles. The zero-order valence-electron chi connectivity index (χ0n) is 10.0. The molecule has 0 unspecified atom stereocenters. The molecule has 1 rings (SSSR count). The molecule has 0 aliphatic carbocycles. The molecule has 0 N–H and O–H groups in total. The van der Waals surface area contributed by atoms with Gasteiger partial charge in [0, 0.05) is 21.6 Å². The molecule has 0 aliphatic rings. The molecule has 1 aromatic rings. The number of halogens is 1. The van der Waals surface area contributed by atoms with E-state index in [2.05, 4.69) is 15.9 Å². The molecule has 0 fully saturated rings. The number of hydrogen-bond acceptors (Lipinski definition) is 2. The number of carbonyl (C=O) groups excluding carboxylic acids is 1. The first-order chi connectivity index (χ1) is 7.21. The van der Waals surface area contributed by atoms with Gasteiger partial charge in [-0.05, 0) is 28.9 Å². The molecule has 88 valence electrons. The molecule has 0 radical (unpaired) electrons. The number of aryl methyl sites for hydroxylation is 1. The second kappa shape index (κ2) is 4.53. The Hall–Kier alpha value is -0.900. The Labute approximate surface area is 104 Å². The van der Waals surface area contributed by atoms with E-state index in [0.29, 0.717) is 5.56 Å². The molecular weight excluding hydrogens is 270 g/mol. The molecule has 4 heteroatoms. The molecular formula is C12H16BrNO2. The maximum Gasteiger partial charge on any atom is 0.253 e. The van der Waals surface area contributed by atoms with Gasteiger partial charge in [-0.15, -0.1) is 0 Å². The van der Waals surface area contributed by atoms with Crippen molar-refractivity contribution >= 4 is 21.7 Å². The molecule has 1 aromatic heterocycles. The van der Waals surface area contributed by atoms with Crippen molar-refractivity contribution in [3.63, 3.8) is 0 Å². The van der Waals surface area contributed by atoms with E-state index in [-0.39, 0.29) is 17.9 Å². The highest BCUT2D eigenvalue weighted by Gasteiger charge is 2.21. The van der Waals surface area contributed by atoms with Crippen molar-refractivity contribution in [1.29, 1.82) is 0 Å². The van der Waals surface area contributed by atoms with Gasteiger partial charge < -0.3 is 4.57 Å². The number of hydrogen-bond donors (Lipinski definition) is 0. The van der Waals surface area contributed by atoms with Crippen LogP contribution in [0.5, 0.6) is 0 Å². The van der Waals surface area contributed by atoms with E-state index in [1.165, 1.54) is 4.57 Å².